The second-order valence-electron chi connectivity index (χ2n) is 8.27. The third-order valence-corrected chi connectivity index (χ3v) is 7.09. The highest BCUT2D eigenvalue weighted by Gasteiger charge is 2.33. The molecule has 29 heavy (non-hydrogen) atoms. The van der Waals surface area contributed by atoms with E-state index < -0.39 is 11.7 Å². The van der Waals surface area contributed by atoms with E-state index in [1.165, 1.54) is 24.2 Å². The molecule has 0 spiro atoms. The van der Waals surface area contributed by atoms with Gasteiger partial charge in [0.1, 0.15) is 0 Å². The maximum atomic E-state index is 13.5. The first kappa shape index (κ1) is 20.3. The molecule has 2 aliphatic rings. The van der Waals surface area contributed by atoms with Gasteiger partial charge in [0.05, 0.1) is 5.56 Å². The molecule has 1 amide bonds. The van der Waals surface area contributed by atoms with Gasteiger partial charge in [-0.1, -0.05) is 49.7 Å². The van der Waals surface area contributed by atoms with E-state index in [-0.39, 0.29) is 5.91 Å². The fourth-order valence-corrected chi connectivity index (χ4v) is 5.61. The van der Waals surface area contributed by atoms with E-state index in [1.54, 1.807) is 0 Å². The minimum Gasteiger partial charge on any atom is -0.326 e. The smallest absolute Gasteiger partial charge is 0.326 e. The van der Waals surface area contributed by atoms with Gasteiger partial charge in [0, 0.05) is 28.3 Å². The summed E-state index contributed by atoms with van der Waals surface area (Å²) in [6, 6.07) is 10.0. The highest BCUT2D eigenvalue weighted by molar-refractivity contribution is 7.99. The first-order valence-corrected chi connectivity index (χ1v) is 10.9. The van der Waals surface area contributed by atoms with Crippen LogP contribution >= 0.6 is 11.8 Å². The number of carbonyl (C=O) groups excluding carboxylic acids is 1. The van der Waals surface area contributed by atoms with E-state index in [4.69, 9.17) is 0 Å². The van der Waals surface area contributed by atoms with Crippen molar-refractivity contribution in [3.8, 4) is 0 Å². The number of rotatable bonds is 3. The van der Waals surface area contributed by atoms with Gasteiger partial charge in [0.25, 0.3) is 0 Å². The van der Waals surface area contributed by atoms with Crippen LogP contribution in [0, 0.1) is 11.8 Å². The molecule has 1 aliphatic carbocycles. The van der Waals surface area contributed by atoms with Crippen molar-refractivity contribution in [1.29, 1.82) is 0 Å². The molecule has 0 radical (unpaired) electrons. The molecule has 0 aromatic heterocycles. The van der Waals surface area contributed by atoms with Crippen LogP contribution in [0.15, 0.2) is 46.2 Å². The molecule has 1 heterocycles. The number of fused-ring (bicyclic) bond motifs is 2. The summed E-state index contributed by atoms with van der Waals surface area (Å²) < 4.78 is 40.4. The Morgan fingerprint density at radius 1 is 1.17 bits per heavy atom. The van der Waals surface area contributed by atoms with Gasteiger partial charge in [-0.2, -0.15) is 13.2 Å². The lowest BCUT2D eigenvalue weighted by Crippen LogP contribution is -2.22. The highest BCUT2D eigenvalue weighted by atomic mass is 32.2. The molecule has 154 valence electrons. The fraction of sp³-hybridized carbons (Fsp3) is 0.435. The Labute approximate surface area is 173 Å². The lowest BCUT2D eigenvalue weighted by atomic mass is 9.81. The number of hydrogen-bond donors (Lipinski definition) is 1. The number of halogens is 3. The molecule has 1 saturated carbocycles. The van der Waals surface area contributed by atoms with Crippen LogP contribution < -0.4 is 5.32 Å². The summed E-state index contributed by atoms with van der Waals surface area (Å²) in [6.07, 6.45) is 0.775. The number of alkyl halides is 3. The number of amides is 1. The molecule has 0 saturated heterocycles. The zero-order valence-corrected chi connectivity index (χ0v) is 17.1. The summed E-state index contributed by atoms with van der Waals surface area (Å²) in [5.41, 5.74) is 1.42. The molecule has 1 fully saturated rings. The van der Waals surface area contributed by atoms with Crippen LogP contribution in [0.5, 0.6) is 0 Å². The summed E-state index contributed by atoms with van der Waals surface area (Å²) in [6.45, 7) is 2.20. The van der Waals surface area contributed by atoms with E-state index in [0.717, 1.165) is 41.4 Å². The number of nitrogens with one attached hydrogen (secondary N) is 1. The van der Waals surface area contributed by atoms with Crippen molar-refractivity contribution in [3.05, 3.63) is 53.1 Å². The van der Waals surface area contributed by atoms with Crippen LogP contribution in [0.25, 0.3) is 0 Å². The molecule has 2 atom stereocenters. The fourth-order valence-electron chi connectivity index (χ4n) is 4.46. The Kier molecular flexibility index (Phi) is 5.65. The van der Waals surface area contributed by atoms with Crippen LogP contribution in [0.1, 0.15) is 55.7 Å². The Bertz CT molecular complexity index is 925. The average Bonchev–Trinajstić information content (AvgIpc) is 2.65. The van der Waals surface area contributed by atoms with Gasteiger partial charge in [-0.25, -0.2) is 0 Å². The first-order valence-electron chi connectivity index (χ1n) is 10.1. The van der Waals surface area contributed by atoms with Gasteiger partial charge in [-0.05, 0) is 54.0 Å². The van der Waals surface area contributed by atoms with Gasteiger partial charge in [0.2, 0.25) is 5.91 Å². The van der Waals surface area contributed by atoms with Crippen molar-refractivity contribution in [2.75, 3.05) is 5.32 Å². The number of hydrogen-bond acceptors (Lipinski definition) is 2. The normalized spacial score (nSPS) is 21.2. The molecule has 0 bridgehead atoms. The SMILES string of the molecule is CC1CCCC(CC(=O)Nc2cc(C(F)(F)F)cc3c2Cc2ccccc2S3)C1. The summed E-state index contributed by atoms with van der Waals surface area (Å²) >= 11 is 1.34. The Hall–Kier alpha value is -1.95. The highest BCUT2D eigenvalue weighted by Crippen LogP contribution is 2.45. The van der Waals surface area contributed by atoms with E-state index in [2.05, 4.69) is 12.2 Å². The molecule has 1 aliphatic heterocycles. The molecule has 2 aromatic rings. The molecule has 2 nitrogen and oxygen atoms in total. The van der Waals surface area contributed by atoms with Gasteiger partial charge in [-0.3, -0.25) is 4.79 Å². The van der Waals surface area contributed by atoms with Crippen molar-refractivity contribution in [2.24, 2.45) is 11.8 Å². The van der Waals surface area contributed by atoms with Crippen LogP contribution in [-0.2, 0) is 17.4 Å². The molecule has 2 unspecified atom stereocenters. The second-order valence-corrected chi connectivity index (χ2v) is 9.36. The lowest BCUT2D eigenvalue weighted by Gasteiger charge is -2.27. The van der Waals surface area contributed by atoms with E-state index in [1.807, 2.05) is 24.3 Å². The van der Waals surface area contributed by atoms with Crippen LogP contribution in [0.4, 0.5) is 18.9 Å². The zero-order chi connectivity index (χ0) is 20.6. The van der Waals surface area contributed by atoms with Crippen molar-refractivity contribution >= 4 is 23.4 Å². The maximum absolute atomic E-state index is 13.5. The largest absolute Gasteiger partial charge is 0.416 e. The van der Waals surface area contributed by atoms with E-state index in [0.29, 0.717) is 35.3 Å². The zero-order valence-electron chi connectivity index (χ0n) is 16.3. The van der Waals surface area contributed by atoms with E-state index >= 15 is 0 Å². The van der Waals surface area contributed by atoms with E-state index in [9.17, 15) is 18.0 Å². The number of benzene rings is 2. The number of carbonyl (C=O) groups is 1. The summed E-state index contributed by atoms with van der Waals surface area (Å²) in [5.74, 6) is 0.737. The molecule has 1 N–H and O–H groups in total. The van der Waals surface area contributed by atoms with Crippen LogP contribution in [-0.4, -0.2) is 5.91 Å². The van der Waals surface area contributed by atoms with Gasteiger partial charge >= 0.3 is 6.18 Å². The Morgan fingerprint density at radius 2 is 1.97 bits per heavy atom. The molecular weight excluding hydrogens is 395 g/mol. The minimum atomic E-state index is -4.45. The molecule has 6 heteroatoms. The first-order chi connectivity index (χ1) is 13.8. The minimum absolute atomic E-state index is 0.186. The predicted molar refractivity (Wildman–Crippen MR) is 109 cm³/mol. The van der Waals surface area contributed by atoms with Crippen LogP contribution in [0.2, 0.25) is 0 Å². The average molecular weight is 420 g/mol. The third-order valence-electron chi connectivity index (χ3n) is 5.89. The van der Waals surface area contributed by atoms with Gasteiger partial charge in [-0.15, -0.1) is 0 Å². The summed E-state index contributed by atoms with van der Waals surface area (Å²) in [7, 11) is 0. The van der Waals surface area contributed by atoms with Crippen molar-refractivity contribution in [1.82, 2.24) is 0 Å². The molecular formula is C23H24F3NOS. The summed E-state index contributed by atoms with van der Waals surface area (Å²) in [5, 5.41) is 2.82. The van der Waals surface area contributed by atoms with Gasteiger partial charge in [0.15, 0.2) is 0 Å². The van der Waals surface area contributed by atoms with Crippen molar-refractivity contribution in [3.63, 3.8) is 0 Å². The van der Waals surface area contributed by atoms with Crippen molar-refractivity contribution < 1.29 is 18.0 Å². The summed E-state index contributed by atoms with van der Waals surface area (Å²) in [4.78, 5) is 14.2. The standard InChI is InChI=1S/C23H24F3NOS/c1-14-5-4-6-15(9-14)10-22(28)27-19-12-17(23(24,25)26)13-21-18(19)11-16-7-2-3-8-20(16)29-21/h2-3,7-8,12-15H,4-6,9-11H2,1H3,(H,27,28). The Balaban J connectivity index is 1.61. The quantitative estimate of drug-likeness (QED) is 0.499. The topological polar surface area (TPSA) is 29.1 Å². The maximum Gasteiger partial charge on any atom is 0.416 e. The monoisotopic (exact) mass is 419 g/mol. The van der Waals surface area contributed by atoms with Gasteiger partial charge < -0.3 is 5.32 Å². The second kappa shape index (κ2) is 8.05. The Morgan fingerprint density at radius 3 is 2.72 bits per heavy atom. The lowest BCUT2D eigenvalue weighted by molar-refractivity contribution is -0.137. The van der Waals surface area contributed by atoms with Crippen LogP contribution in [0.3, 0.4) is 0 Å². The number of anilines is 1. The van der Waals surface area contributed by atoms with Crippen molar-refractivity contribution in [2.45, 2.75) is 61.4 Å². The third kappa shape index (κ3) is 4.63. The molecule has 2 aromatic carbocycles. The predicted octanol–water partition coefficient (Wildman–Crippen LogP) is 6.92. The molecule has 4 rings (SSSR count).